The van der Waals surface area contributed by atoms with E-state index in [0.29, 0.717) is 5.91 Å². The van der Waals surface area contributed by atoms with Gasteiger partial charge < -0.3 is 4.90 Å². The Morgan fingerprint density at radius 1 is 1.18 bits per heavy atom. The van der Waals surface area contributed by atoms with E-state index >= 15 is 0 Å². The Bertz CT molecular complexity index is 564. The van der Waals surface area contributed by atoms with Gasteiger partial charge >= 0.3 is 0 Å². The third kappa shape index (κ3) is 2.62. The number of carbonyl (C=O) groups is 1. The molecule has 0 N–H and O–H groups in total. The number of thiophene rings is 1. The molecule has 4 rings (SSSR count). The summed E-state index contributed by atoms with van der Waals surface area (Å²) in [6, 6.07) is 0. The molecule has 0 bridgehead atoms. The van der Waals surface area contributed by atoms with Gasteiger partial charge in [-0.25, -0.2) is 0 Å². The van der Waals surface area contributed by atoms with Gasteiger partial charge in [-0.15, -0.1) is 11.3 Å². The van der Waals surface area contributed by atoms with E-state index in [9.17, 15) is 4.79 Å². The highest BCUT2D eigenvalue weighted by Gasteiger charge is 2.34. The Hall–Kier alpha value is -0.830. The lowest BCUT2D eigenvalue weighted by Crippen LogP contribution is -2.44. The van der Waals surface area contributed by atoms with Crippen LogP contribution in [-0.4, -0.2) is 23.9 Å². The Morgan fingerprint density at radius 2 is 2.00 bits per heavy atom. The molecule has 1 amide bonds. The van der Waals surface area contributed by atoms with E-state index in [0.717, 1.165) is 42.8 Å². The van der Waals surface area contributed by atoms with Crippen LogP contribution in [0.5, 0.6) is 0 Å². The number of fused-ring (bicyclic) bond motifs is 2. The summed E-state index contributed by atoms with van der Waals surface area (Å²) in [5.74, 6) is 2.79. The number of hydrogen-bond donors (Lipinski definition) is 0. The predicted octanol–water partition coefficient (Wildman–Crippen LogP) is 4.53. The van der Waals surface area contributed by atoms with Gasteiger partial charge in [-0.1, -0.05) is 26.2 Å². The highest BCUT2D eigenvalue weighted by molar-refractivity contribution is 7.10. The van der Waals surface area contributed by atoms with E-state index in [-0.39, 0.29) is 0 Å². The molecule has 0 spiro atoms. The Labute approximate surface area is 137 Å². The Morgan fingerprint density at radius 3 is 2.86 bits per heavy atom. The van der Waals surface area contributed by atoms with Crippen molar-refractivity contribution in [2.75, 3.05) is 13.1 Å². The molecular formula is C19H27NOS. The molecule has 1 aliphatic heterocycles. The zero-order valence-electron chi connectivity index (χ0n) is 13.6. The van der Waals surface area contributed by atoms with Crippen molar-refractivity contribution in [3.8, 4) is 0 Å². The fourth-order valence-corrected chi connectivity index (χ4v) is 6.05. The summed E-state index contributed by atoms with van der Waals surface area (Å²) < 4.78 is 0. The van der Waals surface area contributed by atoms with Gasteiger partial charge in [0, 0.05) is 23.3 Å². The first-order valence-corrected chi connectivity index (χ1v) is 9.99. The summed E-state index contributed by atoms with van der Waals surface area (Å²) in [5, 5.41) is 2.15. The molecular weight excluding hydrogens is 290 g/mol. The Balaban J connectivity index is 1.50. The van der Waals surface area contributed by atoms with Gasteiger partial charge in [-0.3, -0.25) is 4.79 Å². The normalized spacial score (nSPS) is 31.5. The fourth-order valence-electron chi connectivity index (χ4n) is 4.81. The van der Waals surface area contributed by atoms with Crippen molar-refractivity contribution in [3.05, 3.63) is 21.4 Å². The van der Waals surface area contributed by atoms with Crippen LogP contribution in [0.1, 0.15) is 66.2 Å². The standard InChI is InChI=1S/C19H27NOS/c1-13-6-7-16-17(12-22-18(16)10-13)19(21)20-9-8-14-4-2-3-5-15(14)11-20/h12-15H,2-11H2,1H3/t13-,14-,15-/m1/s1. The molecule has 120 valence electrons. The van der Waals surface area contributed by atoms with Crippen LogP contribution in [0.15, 0.2) is 5.38 Å². The van der Waals surface area contributed by atoms with E-state index in [1.807, 2.05) is 11.3 Å². The summed E-state index contributed by atoms with van der Waals surface area (Å²) in [7, 11) is 0. The van der Waals surface area contributed by atoms with Crippen LogP contribution in [0.4, 0.5) is 0 Å². The van der Waals surface area contributed by atoms with E-state index in [4.69, 9.17) is 0 Å². The second-order valence-corrected chi connectivity index (χ2v) is 8.71. The van der Waals surface area contributed by atoms with Crippen molar-refractivity contribution in [1.82, 2.24) is 4.90 Å². The Kier molecular flexibility index (Phi) is 4.02. The van der Waals surface area contributed by atoms with Gasteiger partial charge in [0.2, 0.25) is 0 Å². The molecule has 1 aromatic rings. The first kappa shape index (κ1) is 14.7. The summed E-state index contributed by atoms with van der Waals surface area (Å²) in [6.45, 7) is 4.34. The minimum absolute atomic E-state index is 0.330. The van der Waals surface area contributed by atoms with Crippen molar-refractivity contribution in [1.29, 1.82) is 0 Å². The highest BCUT2D eigenvalue weighted by Crippen LogP contribution is 2.38. The minimum Gasteiger partial charge on any atom is -0.338 e. The highest BCUT2D eigenvalue weighted by atomic mass is 32.1. The van der Waals surface area contributed by atoms with Gasteiger partial charge in [0.05, 0.1) is 5.56 Å². The van der Waals surface area contributed by atoms with E-state index in [1.165, 1.54) is 55.4 Å². The van der Waals surface area contributed by atoms with E-state index in [1.54, 1.807) is 0 Å². The monoisotopic (exact) mass is 317 g/mol. The van der Waals surface area contributed by atoms with Gasteiger partial charge in [-0.2, -0.15) is 0 Å². The molecule has 1 aromatic heterocycles. The number of amides is 1. The van der Waals surface area contributed by atoms with Crippen LogP contribution >= 0.6 is 11.3 Å². The van der Waals surface area contributed by atoms with Crippen LogP contribution < -0.4 is 0 Å². The topological polar surface area (TPSA) is 20.3 Å². The number of rotatable bonds is 1. The third-order valence-electron chi connectivity index (χ3n) is 6.21. The average Bonchev–Trinajstić information content (AvgIpc) is 2.96. The summed E-state index contributed by atoms with van der Waals surface area (Å²) in [4.78, 5) is 16.7. The lowest BCUT2D eigenvalue weighted by molar-refractivity contribution is 0.0520. The average molecular weight is 317 g/mol. The van der Waals surface area contributed by atoms with Crippen molar-refractivity contribution in [2.24, 2.45) is 17.8 Å². The molecule has 22 heavy (non-hydrogen) atoms. The molecule has 2 heterocycles. The zero-order chi connectivity index (χ0) is 15.1. The summed E-state index contributed by atoms with van der Waals surface area (Å²) in [6.07, 6.45) is 10.3. The maximum atomic E-state index is 13.0. The quantitative estimate of drug-likeness (QED) is 0.745. The van der Waals surface area contributed by atoms with Gasteiger partial charge in [0.1, 0.15) is 0 Å². The molecule has 2 fully saturated rings. The van der Waals surface area contributed by atoms with Crippen LogP contribution in [0.3, 0.4) is 0 Å². The van der Waals surface area contributed by atoms with Crippen LogP contribution in [0.25, 0.3) is 0 Å². The second-order valence-electron chi connectivity index (χ2n) is 7.74. The molecule has 3 aliphatic rings. The number of hydrogen-bond acceptors (Lipinski definition) is 2. The van der Waals surface area contributed by atoms with Crippen molar-refractivity contribution >= 4 is 17.2 Å². The maximum absolute atomic E-state index is 13.0. The van der Waals surface area contributed by atoms with Crippen LogP contribution in [0.2, 0.25) is 0 Å². The molecule has 3 atom stereocenters. The molecule has 1 saturated carbocycles. The summed E-state index contributed by atoms with van der Waals surface area (Å²) >= 11 is 1.82. The molecule has 1 saturated heterocycles. The molecule has 0 radical (unpaired) electrons. The van der Waals surface area contributed by atoms with Crippen molar-refractivity contribution < 1.29 is 4.79 Å². The molecule has 2 nitrogen and oxygen atoms in total. The van der Waals surface area contributed by atoms with Crippen LogP contribution in [0, 0.1) is 17.8 Å². The second kappa shape index (κ2) is 5.99. The van der Waals surface area contributed by atoms with E-state index in [2.05, 4.69) is 17.2 Å². The first-order chi connectivity index (χ1) is 10.7. The predicted molar refractivity (Wildman–Crippen MR) is 91.5 cm³/mol. The molecule has 3 heteroatoms. The third-order valence-corrected chi connectivity index (χ3v) is 7.26. The fraction of sp³-hybridized carbons (Fsp3) is 0.737. The SMILES string of the molecule is C[C@@H]1CCc2c(C(=O)N3CC[C@H]4CCCC[C@@H]4C3)csc2C1. The van der Waals surface area contributed by atoms with Gasteiger partial charge in [-0.05, 0) is 55.4 Å². The van der Waals surface area contributed by atoms with Gasteiger partial charge in [0.25, 0.3) is 5.91 Å². The lowest BCUT2D eigenvalue weighted by atomic mass is 9.75. The smallest absolute Gasteiger partial charge is 0.254 e. The number of piperidine rings is 1. The molecule has 2 aliphatic carbocycles. The molecule has 0 aromatic carbocycles. The summed E-state index contributed by atoms with van der Waals surface area (Å²) in [5.41, 5.74) is 2.43. The van der Waals surface area contributed by atoms with Gasteiger partial charge in [0.15, 0.2) is 0 Å². The lowest BCUT2D eigenvalue weighted by Gasteiger charge is -2.41. The van der Waals surface area contributed by atoms with Crippen molar-refractivity contribution in [3.63, 3.8) is 0 Å². The van der Waals surface area contributed by atoms with Crippen LogP contribution in [-0.2, 0) is 12.8 Å². The molecule has 0 unspecified atom stereocenters. The zero-order valence-corrected chi connectivity index (χ0v) is 14.5. The maximum Gasteiger partial charge on any atom is 0.254 e. The van der Waals surface area contributed by atoms with Crippen molar-refractivity contribution in [2.45, 2.75) is 58.3 Å². The first-order valence-electron chi connectivity index (χ1n) is 9.11. The van der Waals surface area contributed by atoms with E-state index < -0.39 is 0 Å². The number of likely N-dealkylation sites (tertiary alicyclic amines) is 1. The largest absolute Gasteiger partial charge is 0.338 e. The number of nitrogens with zero attached hydrogens (tertiary/aromatic N) is 1. The minimum atomic E-state index is 0.330. The number of carbonyl (C=O) groups excluding carboxylic acids is 1.